The van der Waals surface area contributed by atoms with Gasteiger partial charge in [-0.3, -0.25) is 19.2 Å². The third-order valence-corrected chi connectivity index (χ3v) is 5.31. The Hall–Kier alpha value is -2.12. The van der Waals surface area contributed by atoms with Gasteiger partial charge in [0, 0.05) is 12.8 Å². The molecule has 0 amide bonds. The van der Waals surface area contributed by atoms with E-state index < -0.39 is 29.3 Å². The number of unbranched alkanes of at least 4 members (excludes halogenated alkanes) is 10. The van der Waals surface area contributed by atoms with Crippen LogP contribution < -0.4 is 0 Å². The van der Waals surface area contributed by atoms with E-state index in [9.17, 15) is 29.4 Å². The van der Waals surface area contributed by atoms with Gasteiger partial charge in [0.05, 0.1) is 0 Å². The second-order valence-corrected chi connectivity index (χ2v) is 7.72. The summed E-state index contributed by atoms with van der Waals surface area (Å²) < 4.78 is 0. The second-order valence-electron chi connectivity index (χ2n) is 7.72. The standard InChI is InChI=1S/C21H36O8/c22-17(23)13-9-5-1-3-7-11-15-21(19(26)27,20(28)29)16-12-8-4-2-6-10-14-18(24)25/h1-16H2,(H,22,23)(H,24,25)(H,26,27)(H,28,29). The highest BCUT2D eigenvalue weighted by atomic mass is 16.4. The van der Waals surface area contributed by atoms with Gasteiger partial charge in [-0.15, -0.1) is 0 Å². The summed E-state index contributed by atoms with van der Waals surface area (Å²) in [4.78, 5) is 44.3. The highest BCUT2D eigenvalue weighted by molar-refractivity contribution is 5.98. The summed E-state index contributed by atoms with van der Waals surface area (Å²) in [5.74, 6) is -4.18. The Morgan fingerprint density at radius 2 is 0.724 bits per heavy atom. The molecular formula is C21H36O8. The van der Waals surface area contributed by atoms with Crippen molar-refractivity contribution in [2.45, 2.75) is 103 Å². The van der Waals surface area contributed by atoms with Gasteiger partial charge in [0.2, 0.25) is 0 Å². The Balaban J connectivity index is 4.16. The molecule has 0 fully saturated rings. The van der Waals surface area contributed by atoms with Crippen LogP contribution in [-0.4, -0.2) is 44.3 Å². The maximum atomic E-state index is 11.7. The average molecular weight is 417 g/mol. The van der Waals surface area contributed by atoms with Crippen molar-refractivity contribution in [3.8, 4) is 0 Å². The minimum absolute atomic E-state index is 0.103. The van der Waals surface area contributed by atoms with Gasteiger partial charge in [-0.2, -0.15) is 0 Å². The lowest BCUT2D eigenvalue weighted by molar-refractivity contribution is -0.166. The molecule has 0 aliphatic heterocycles. The molecule has 0 radical (unpaired) electrons. The highest BCUT2D eigenvalue weighted by Gasteiger charge is 2.45. The normalized spacial score (nSPS) is 11.3. The molecule has 29 heavy (non-hydrogen) atoms. The fraction of sp³-hybridized carbons (Fsp3) is 0.810. The van der Waals surface area contributed by atoms with E-state index in [0.29, 0.717) is 25.7 Å². The van der Waals surface area contributed by atoms with E-state index in [0.717, 1.165) is 51.4 Å². The smallest absolute Gasteiger partial charge is 0.321 e. The van der Waals surface area contributed by atoms with Gasteiger partial charge in [-0.25, -0.2) is 0 Å². The number of carboxylic acids is 4. The van der Waals surface area contributed by atoms with Crippen LogP contribution in [0.3, 0.4) is 0 Å². The minimum atomic E-state index is -1.74. The molecule has 0 aromatic rings. The van der Waals surface area contributed by atoms with Gasteiger partial charge in [-0.1, -0.05) is 64.2 Å². The lowest BCUT2D eigenvalue weighted by Gasteiger charge is -2.25. The number of hydrogen-bond acceptors (Lipinski definition) is 4. The molecular weight excluding hydrogens is 380 g/mol. The maximum absolute atomic E-state index is 11.7. The zero-order chi connectivity index (χ0) is 22.1. The van der Waals surface area contributed by atoms with Crippen LogP contribution in [0.25, 0.3) is 0 Å². The van der Waals surface area contributed by atoms with Crippen LogP contribution in [-0.2, 0) is 19.2 Å². The van der Waals surface area contributed by atoms with E-state index >= 15 is 0 Å². The first kappa shape index (κ1) is 26.9. The summed E-state index contributed by atoms with van der Waals surface area (Å²) >= 11 is 0. The molecule has 168 valence electrons. The summed E-state index contributed by atoms with van der Waals surface area (Å²) in [6.45, 7) is 0. The van der Waals surface area contributed by atoms with E-state index in [1.807, 2.05) is 0 Å². The minimum Gasteiger partial charge on any atom is -0.481 e. The predicted octanol–water partition coefficient (Wildman–Crippen LogP) is 4.55. The third kappa shape index (κ3) is 12.9. The van der Waals surface area contributed by atoms with Crippen molar-refractivity contribution < 1.29 is 39.6 Å². The molecule has 0 bridgehead atoms. The van der Waals surface area contributed by atoms with Crippen molar-refractivity contribution in [1.82, 2.24) is 0 Å². The Morgan fingerprint density at radius 3 is 1.00 bits per heavy atom. The van der Waals surface area contributed by atoms with E-state index in [4.69, 9.17) is 10.2 Å². The van der Waals surface area contributed by atoms with Crippen LogP contribution in [0.4, 0.5) is 0 Å². The molecule has 0 atom stereocenters. The molecule has 0 unspecified atom stereocenters. The zero-order valence-electron chi connectivity index (χ0n) is 17.2. The Labute approximate surface area is 172 Å². The number of carboxylic acid groups (broad SMARTS) is 4. The van der Waals surface area contributed by atoms with Crippen molar-refractivity contribution >= 4 is 23.9 Å². The molecule has 8 nitrogen and oxygen atoms in total. The zero-order valence-corrected chi connectivity index (χ0v) is 17.2. The predicted molar refractivity (Wildman–Crippen MR) is 107 cm³/mol. The lowest BCUT2D eigenvalue weighted by atomic mass is 9.78. The van der Waals surface area contributed by atoms with Gasteiger partial charge in [0.25, 0.3) is 0 Å². The summed E-state index contributed by atoms with van der Waals surface area (Å²) in [5, 5.41) is 36.3. The van der Waals surface area contributed by atoms with Gasteiger partial charge in [0.1, 0.15) is 0 Å². The van der Waals surface area contributed by atoms with Crippen LogP contribution in [0.1, 0.15) is 103 Å². The molecule has 8 heteroatoms. The summed E-state index contributed by atoms with van der Waals surface area (Å²) in [6.07, 6.45) is 9.29. The molecule has 0 aromatic carbocycles. The Bertz CT molecular complexity index is 469. The topological polar surface area (TPSA) is 149 Å². The van der Waals surface area contributed by atoms with Crippen molar-refractivity contribution in [2.24, 2.45) is 5.41 Å². The third-order valence-electron chi connectivity index (χ3n) is 5.31. The Kier molecular flexibility index (Phi) is 14.6. The first-order valence-electron chi connectivity index (χ1n) is 10.6. The quantitative estimate of drug-likeness (QED) is 0.167. The van der Waals surface area contributed by atoms with Crippen molar-refractivity contribution in [1.29, 1.82) is 0 Å². The first-order chi connectivity index (χ1) is 13.7. The van der Waals surface area contributed by atoms with Crippen molar-refractivity contribution in [3.05, 3.63) is 0 Å². The number of aliphatic carboxylic acids is 4. The van der Waals surface area contributed by atoms with Crippen LogP contribution >= 0.6 is 0 Å². The molecule has 0 aliphatic carbocycles. The van der Waals surface area contributed by atoms with Crippen molar-refractivity contribution in [3.63, 3.8) is 0 Å². The largest absolute Gasteiger partial charge is 0.481 e. The maximum Gasteiger partial charge on any atom is 0.321 e. The highest BCUT2D eigenvalue weighted by Crippen LogP contribution is 2.33. The van der Waals surface area contributed by atoms with E-state index in [1.54, 1.807) is 0 Å². The van der Waals surface area contributed by atoms with Crippen LogP contribution in [0.2, 0.25) is 0 Å². The van der Waals surface area contributed by atoms with Crippen LogP contribution in [0, 0.1) is 5.41 Å². The van der Waals surface area contributed by atoms with Gasteiger partial charge < -0.3 is 20.4 Å². The summed E-state index contributed by atoms with van der Waals surface area (Å²) in [6, 6.07) is 0. The molecule has 0 aromatic heterocycles. The monoisotopic (exact) mass is 416 g/mol. The fourth-order valence-corrected chi connectivity index (χ4v) is 3.46. The molecule has 0 saturated carbocycles. The SMILES string of the molecule is O=C(O)CCCCCCCCC(CCCCCCCCC(=O)O)(C(=O)O)C(=O)O. The van der Waals surface area contributed by atoms with E-state index in [1.165, 1.54) is 0 Å². The van der Waals surface area contributed by atoms with Gasteiger partial charge >= 0.3 is 23.9 Å². The summed E-state index contributed by atoms with van der Waals surface area (Å²) in [7, 11) is 0. The number of rotatable bonds is 20. The van der Waals surface area contributed by atoms with E-state index in [-0.39, 0.29) is 25.7 Å². The van der Waals surface area contributed by atoms with E-state index in [2.05, 4.69) is 0 Å². The molecule has 0 aliphatic rings. The molecule has 4 N–H and O–H groups in total. The molecule has 0 heterocycles. The van der Waals surface area contributed by atoms with Crippen LogP contribution in [0.5, 0.6) is 0 Å². The van der Waals surface area contributed by atoms with Gasteiger partial charge in [0.15, 0.2) is 5.41 Å². The summed E-state index contributed by atoms with van der Waals surface area (Å²) in [5.41, 5.74) is -1.74. The first-order valence-corrected chi connectivity index (χ1v) is 10.6. The molecule has 0 saturated heterocycles. The average Bonchev–Trinajstić information content (AvgIpc) is 2.63. The van der Waals surface area contributed by atoms with Gasteiger partial charge in [-0.05, 0) is 25.7 Å². The molecule has 0 spiro atoms. The number of carbonyl (C=O) groups is 4. The molecule has 0 rings (SSSR count). The van der Waals surface area contributed by atoms with Crippen LogP contribution in [0.15, 0.2) is 0 Å². The Morgan fingerprint density at radius 1 is 0.448 bits per heavy atom. The number of hydrogen-bond donors (Lipinski definition) is 4. The van der Waals surface area contributed by atoms with Crippen molar-refractivity contribution in [2.75, 3.05) is 0 Å². The lowest BCUT2D eigenvalue weighted by Crippen LogP contribution is -2.39. The fourth-order valence-electron chi connectivity index (χ4n) is 3.46. The second kappa shape index (κ2) is 15.8.